The van der Waals surface area contributed by atoms with Crippen LogP contribution in [0.25, 0.3) is 0 Å². The molecule has 0 N–H and O–H groups in total. The van der Waals surface area contributed by atoms with Gasteiger partial charge in [-0.25, -0.2) is 0 Å². The molecule has 2 nitrogen and oxygen atoms in total. The Labute approximate surface area is 142 Å². The van der Waals surface area contributed by atoms with Gasteiger partial charge in [-0.1, -0.05) is 48.5 Å². The second-order valence-electron chi connectivity index (χ2n) is 6.12. The standard InChI is InChI=1S/C20H23NOS/c1-23-19-12-6-5-11-18(19)20(22)17-10-7-13-21(15-17)14-16-8-3-2-4-9-16/h2-6,8-9,11-12,17H,7,10,13-15H2,1H3/t17-/m1/s1. The van der Waals surface area contributed by atoms with Crippen molar-refractivity contribution in [2.24, 2.45) is 5.92 Å². The maximum Gasteiger partial charge on any atom is 0.168 e. The number of benzene rings is 2. The molecule has 2 aromatic rings. The first-order valence-electron chi connectivity index (χ1n) is 8.21. The molecule has 120 valence electrons. The topological polar surface area (TPSA) is 20.3 Å². The molecule has 1 saturated heterocycles. The summed E-state index contributed by atoms with van der Waals surface area (Å²) in [5, 5.41) is 0. The highest BCUT2D eigenvalue weighted by molar-refractivity contribution is 7.98. The zero-order valence-corrected chi connectivity index (χ0v) is 14.4. The predicted octanol–water partition coefficient (Wildman–Crippen LogP) is 4.50. The molecule has 3 rings (SSSR count). The number of rotatable bonds is 5. The van der Waals surface area contributed by atoms with E-state index in [0.29, 0.717) is 5.78 Å². The Morgan fingerprint density at radius 1 is 1.13 bits per heavy atom. The summed E-state index contributed by atoms with van der Waals surface area (Å²) >= 11 is 1.66. The van der Waals surface area contributed by atoms with Crippen molar-refractivity contribution in [2.75, 3.05) is 19.3 Å². The van der Waals surface area contributed by atoms with E-state index in [9.17, 15) is 4.79 Å². The van der Waals surface area contributed by atoms with Gasteiger partial charge >= 0.3 is 0 Å². The van der Waals surface area contributed by atoms with E-state index in [4.69, 9.17) is 0 Å². The van der Waals surface area contributed by atoms with Crippen LogP contribution in [0.4, 0.5) is 0 Å². The molecule has 1 atom stereocenters. The fraction of sp³-hybridized carbons (Fsp3) is 0.350. The molecule has 0 aliphatic carbocycles. The zero-order chi connectivity index (χ0) is 16.1. The zero-order valence-electron chi connectivity index (χ0n) is 13.6. The Kier molecular flexibility index (Phi) is 5.52. The SMILES string of the molecule is CSc1ccccc1C(=O)[C@@H]1CCCN(Cc2ccccc2)C1. The molecule has 1 fully saturated rings. The van der Waals surface area contributed by atoms with Gasteiger partial charge in [-0.2, -0.15) is 0 Å². The third-order valence-corrected chi connectivity index (χ3v) is 5.29. The minimum absolute atomic E-state index is 0.126. The van der Waals surface area contributed by atoms with Gasteiger partial charge in [0.2, 0.25) is 0 Å². The number of carbonyl (C=O) groups is 1. The van der Waals surface area contributed by atoms with Gasteiger partial charge in [0.15, 0.2) is 5.78 Å². The molecule has 2 aromatic carbocycles. The molecule has 0 bridgehead atoms. The van der Waals surface area contributed by atoms with Crippen LogP contribution in [0.5, 0.6) is 0 Å². The number of ketones is 1. The minimum atomic E-state index is 0.126. The average Bonchev–Trinajstić information content (AvgIpc) is 2.62. The molecule has 0 saturated carbocycles. The molecule has 23 heavy (non-hydrogen) atoms. The highest BCUT2D eigenvalue weighted by atomic mass is 32.2. The fourth-order valence-electron chi connectivity index (χ4n) is 3.32. The monoisotopic (exact) mass is 325 g/mol. The van der Waals surface area contributed by atoms with Crippen LogP contribution < -0.4 is 0 Å². The lowest BCUT2D eigenvalue weighted by atomic mass is 9.89. The summed E-state index contributed by atoms with van der Waals surface area (Å²) in [6.07, 6.45) is 4.15. The summed E-state index contributed by atoms with van der Waals surface area (Å²) in [4.78, 5) is 16.5. The van der Waals surface area contributed by atoms with Crippen LogP contribution in [-0.4, -0.2) is 30.0 Å². The van der Waals surface area contributed by atoms with E-state index in [2.05, 4.69) is 29.2 Å². The number of nitrogens with zero attached hydrogens (tertiary/aromatic N) is 1. The Hall–Kier alpha value is -1.58. The lowest BCUT2D eigenvalue weighted by Gasteiger charge is -2.32. The van der Waals surface area contributed by atoms with E-state index < -0.39 is 0 Å². The Balaban J connectivity index is 1.69. The van der Waals surface area contributed by atoms with E-state index in [1.807, 2.05) is 36.6 Å². The lowest BCUT2D eigenvalue weighted by molar-refractivity contribution is 0.0808. The first-order chi connectivity index (χ1) is 11.3. The summed E-state index contributed by atoms with van der Waals surface area (Å²) in [7, 11) is 0. The summed E-state index contributed by atoms with van der Waals surface area (Å²) < 4.78 is 0. The molecule has 1 aliphatic rings. The highest BCUT2D eigenvalue weighted by Crippen LogP contribution is 2.27. The second-order valence-corrected chi connectivity index (χ2v) is 6.97. The number of Topliss-reactive ketones (excluding diaryl/α,β-unsaturated/α-hetero) is 1. The van der Waals surface area contributed by atoms with Crippen LogP contribution in [0.2, 0.25) is 0 Å². The highest BCUT2D eigenvalue weighted by Gasteiger charge is 2.27. The number of thioether (sulfide) groups is 1. The molecule has 0 amide bonds. The Bertz CT molecular complexity index is 656. The predicted molar refractivity (Wildman–Crippen MR) is 97.0 cm³/mol. The third kappa shape index (κ3) is 4.04. The summed E-state index contributed by atoms with van der Waals surface area (Å²) in [5.41, 5.74) is 2.22. The lowest BCUT2D eigenvalue weighted by Crippen LogP contribution is -2.38. The largest absolute Gasteiger partial charge is 0.298 e. The van der Waals surface area contributed by atoms with Gasteiger partial charge in [0.1, 0.15) is 0 Å². The molecule has 0 unspecified atom stereocenters. The van der Waals surface area contributed by atoms with E-state index >= 15 is 0 Å². The van der Waals surface area contributed by atoms with Crippen molar-refractivity contribution in [3.8, 4) is 0 Å². The van der Waals surface area contributed by atoms with Crippen LogP contribution >= 0.6 is 11.8 Å². The van der Waals surface area contributed by atoms with Gasteiger partial charge < -0.3 is 0 Å². The smallest absolute Gasteiger partial charge is 0.168 e. The molecular formula is C20H23NOS. The van der Waals surface area contributed by atoms with Crippen LogP contribution in [0, 0.1) is 5.92 Å². The van der Waals surface area contributed by atoms with Crippen molar-refractivity contribution < 1.29 is 4.79 Å². The normalized spacial score (nSPS) is 18.7. The summed E-state index contributed by atoms with van der Waals surface area (Å²) in [5.74, 6) is 0.438. The summed E-state index contributed by atoms with van der Waals surface area (Å²) in [6, 6.07) is 18.5. The maximum atomic E-state index is 12.9. The van der Waals surface area contributed by atoms with Crippen LogP contribution in [0.1, 0.15) is 28.8 Å². The van der Waals surface area contributed by atoms with Gasteiger partial charge in [0, 0.05) is 29.5 Å². The first kappa shape index (κ1) is 16.3. The Morgan fingerprint density at radius 2 is 1.87 bits per heavy atom. The van der Waals surface area contributed by atoms with Crippen molar-refractivity contribution >= 4 is 17.5 Å². The van der Waals surface area contributed by atoms with Gasteiger partial charge in [-0.15, -0.1) is 11.8 Å². The van der Waals surface area contributed by atoms with Gasteiger partial charge in [-0.05, 0) is 37.3 Å². The molecule has 0 spiro atoms. The summed E-state index contributed by atoms with van der Waals surface area (Å²) in [6.45, 7) is 2.90. The molecule has 1 heterocycles. The van der Waals surface area contributed by atoms with Crippen LogP contribution in [0.3, 0.4) is 0 Å². The van der Waals surface area contributed by atoms with Gasteiger partial charge in [0.25, 0.3) is 0 Å². The third-order valence-electron chi connectivity index (χ3n) is 4.50. The van der Waals surface area contributed by atoms with Crippen LogP contribution in [0.15, 0.2) is 59.5 Å². The molecular weight excluding hydrogens is 302 g/mol. The Morgan fingerprint density at radius 3 is 2.65 bits per heavy atom. The van der Waals surface area contributed by atoms with Crippen molar-refractivity contribution in [2.45, 2.75) is 24.3 Å². The van der Waals surface area contributed by atoms with E-state index in [-0.39, 0.29) is 5.92 Å². The number of likely N-dealkylation sites (tertiary alicyclic amines) is 1. The minimum Gasteiger partial charge on any atom is -0.298 e. The van der Waals surface area contributed by atoms with Crippen molar-refractivity contribution in [3.05, 3.63) is 65.7 Å². The molecule has 0 aromatic heterocycles. The number of hydrogen-bond donors (Lipinski definition) is 0. The first-order valence-corrected chi connectivity index (χ1v) is 9.44. The molecule has 0 radical (unpaired) electrons. The van der Waals surface area contributed by atoms with E-state index in [0.717, 1.165) is 42.9 Å². The fourth-order valence-corrected chi connectivity index (χ4v) is 3.93. The molecule has 1 aliphatic heterocycles. The van der Waals surface area contributed by atoms with Crippen LogP contribution in [-0.2, 0) is 6.54 Å². The van der Waals surface area contributed by atoms with Gasteiger partial charge in [-0.3, -0.25) is 9.69 Å². The van der Waals surface area contributed by atoms with E-state index in [1.165, 1.54) is 5.56 Å². The number of piperidine rings is 1. The van der Waals surface area contributed by atoms with Crippen molar-refractivity contribution in [1.29, 1.82) is 0 Å². The number of hydrogen-bond acceptors (Lipinski definition) is 3. The number of carbonyl (C=O) groups excluding carboxylic acids is 1. The second kappa shape index (κ2) is 7.80. The molecule has 3 heteroatoms. The van der Waals surface area contributed by atoms with E-state index in [1.54, 1.807) is 11.8 Å². The van der Waals surface area contributed by atoms with Crippen molar-refractivity contribution in [1.82, 2.24) is 4.90 Å². The quantitative estimate of drug-likeness (QED) is 0.596. The van der Waals surface area contributed by atoms with Crippen molar-refractivity contribution in [3.63, 3.8) is 0 Å². The average molecular weight is 325 g/mol. The van der Waals surface area contributed by atoms with Gasteiger partial charge in [0.05, 0.1) is 0 Å². The maximum absolute atomic E-state index is 12.9.